The molecule has 118 valence electrons. The van der Waals surface area contributed by atoms with Gasteiger partial charge in [-0.15, -0.1) is 11.3 Å². The molecule has 2 fully saturated rings. The second-order valence-electron chi connectivity index (χ2n) is 6.22. The van der Waals surface area contributed by atoms with Crippen LogP contribution in [0.2, 0.25) is 0 Å². The van der Waals surface area contributed by atoms with Gasteiger partial charge >= 0.3 is 0 Å². The van der Waals surface area contributed by atoms with Crippen molar-refractivity contribution in [2.75, 3.05) is 13.2 Å². The largest absolute Gasteiger partial charge is 0.388 e. The van der Waals surface area contributed by atoms with Crippen LogP contribution in [0, 0.1) is 0 Å². The van der Waals surface area contributed by atoms with Crippen LogP contribution < -0.4 is 5.32 Å². The minimum atomic E-state index is -0.357. The topological polar surface area (TPSA) is 50.7 Å². The minimum Gasteiger partial charge on any atom is -0.388 e. The van der Waals surface area contributed by atoms with E-state index in [0.717, 1.165) is 50.2 Å². The first-order valence-electron chi connectivity index (χ1n) is 7.92. The number of thiophene rings is 1. The standard InChI is InChI=1S/C16H25NO3S/c1-12(11-14(18)15-3-2-10-21-15)17-13-4-6-16(7-5-13)19-8-9-20-16/h2-3,10,12-14,17-18H,4-9,11H2,1H3/t12-,14+/m1/s1. The van der Waals surface area contributed by atoms with Crippen molar-refractivity contribution in [2.24, 2.45) is 0 Å². The predicted molar refractivity (Wildman–Crippen MR) is 83.4 cm³/mol. The number of aliphatic hydroxyl groups is 1. The fraction of sp³-hybridized carbons (Fsp3) is 0.750. The first-order chi connectivity index (χ1) is 10.2. The molecular weight excluding hydrogens is 286 g/mol. The van der Waals surface area contributed by atoms with Crippen LogP contribution in [-0.4, -0.2) is 36.2 Å². The second kappa shape index (κ2) is 6.75. The minimum absolute atomic E-state index is 0.280. The summed E-state index contributed by atoms with van der Waals surface area (Å²) in [5.74, 6) is -0.280. The molecule has 1 aliphatic heterocycles. The molecule has 1 aromatic rings. The lowest BCUT2D eigenvalue weighted by atomic mass is 9.89. The fourth-order valence-corrected chi connectivity index (χ4v) is 4.14. The third-order valence-electron chi connectivity index (χ3n) is 4.53. The lowest BCUT2D eigenvalue weighted by Gasteiger charge is -2.37. The van der Waals surface area contributed by atoms with Gasteiger partial charge in [-0.2, -0.15) is 0 Å². The van der Waals surface area contributed by atoms with Crippen molar-refractivity contribution < 1.29 is 14.6 Å². The third kappa shape index (κ3) is 3.85. The molecule has 5 heteroatoms. The third-order valence-corrected chi connectivity index (χ3v) is 5.50. The first kappa shape index (κ1) is 15.4. The number of aliphatic hydroxyl groups excluding tert-OH is 1. The number of rotatable bonds is 5. The van der Waals surface area contributed by atoms with E-state index >= 15 is 0 Å². The molecule has 0 aromatic carbocycles. The predicted octanol–water partition coefficient (Wildman–Crippen LogP) is 2.84. The molecule has 1 aliphatic carbocycles. The maximum atomic E-state index is 10.2. The average Bonchev–Trinajstić information content (AvgIpc) is 3.14. The lowest BCUT2D eigenvalue weighted by molar-refractivity contribution is -0.179. The van der Waals surface area contributed by atoms with Gasteiger partial charge in [-0.05, 0) is 37.6 Å². The van der Waals surface area contributed by atoms with Crippen molar-refractivity contribution in [2.45, 2.75) is 63.0 Å². The highest BCUT2D eigenvalue weighted by atomic mass is 32.1. The molecule has 1 saturated carbocycles. The van der Waals surface area contributed by atoms with Crippen LogP contribution in [0.25, 0.3) is 0 Å². The Morgan fingerprint density at radius 3 is 2.71 bits per heavy atom. The molecule has 2 N–H and O–H groups in total. The fourth-order valence-electron chi connectivity index (χ4n) is 3.41. The van der Waals surface area contributed by atoms with Crippen molar-refractivity contribution in [1.82, 2.24) is 5.32 Å². The number of nitrogens with one attached hydrogen (secondary N) is 1. The Balaban J connectivity index is 1.42. The quantitative estimate of drug-likeness (QED) is 0.878. The molecule has 0 radical (unpaired) electrons. The zero-order valence-electron chi connectivity index (χ0n) is 12.6. The Morgan fingerprint density at radius 2 is 2.10 bits per heavy atom. The highest BCUT2D eigenvalue weighted by Crippen LogP contribution is 2.36. The molecule has 21 heavy (non-hydrogen) atoms. The molecule has 2 aliphatic rings. The zero-order chi connectivity index (χ0) is 14.7. The maximum Gasteiger partial charge on any atom is 0.168 e. The Bertz CT molecular complexity index is 421. The highest BCUT2D eigenvalue weighted by molar-refractivity contribution is 7.10. The molecule has 0 bridgehead atoms. The van der Waals surface area contributed by atoms with E-state index in [0.29, 0.717) is 12.1 Å². The zero-order valence-corrected chi connectivity index (χ0v) is 13.4. The smallest absolute Gasteiger partial charge is 0.168 e. The second-order valence-corrected chi connectivity index (χ2v) is 7.20. The molecule has 1 aromatic heterocycles. The number of hydrogen-bond donors (Lipinski definition) is 2. The summed E-state index contributed by atoms with van der Waals surface area (Å²) in [4.78, 5) is 1.05. The van der Waals surface area contributed by atoms with Gasteiger partial charge in [-0.1, -0.05) is 6.07 Å². The van der Waals surface area contributed by atoms with E-state index < -0.39 is 0 Å². The summed E-state index contributed by atoms with van der Waals surface area (Å²) in [5.41, 5.74) is 0. The first-order valence-corrected chi connectivity index (χ1v) is 8.80. The summed E-state index contributed by atoms with van der Waals surface area (Å²) >= 11 is 1.62. The van der Waals surface area contributed by atoms with Crippen LogP contribution in [0.3, 0.4) is 0 Å². The normalized spacial score (nSPS) is 25.2. The molecule has 1 saturated heterocycles. The summed E-state index contributed by atoms with van der Waals surface area (Å²) in [5, 5.41) is 15.9. The molecule has 2 heterocycles. The molecule has 2 atom stereocenters. The van der Waals surface area contributed by atoms with E-state index in [1.54, 1.807) is 11.3 Å². The van der Waals surface area contributed by atoms with Crippen molar-refractivity contribution in [3.8, 4) is 0 Å². The van der Waals surface area contributed by atoms with Gasteiger partial charge < -0.3 is 19.9 Å². The number of hydrogen-bond acceptors (Lipinski definition) is 5. The molecule has 1 spiro atoms. The van der Waals surface area contributed by atoms with E-state index in [2.05, 4.69) is 12.2 Å². The Kier molecular flexibility index (Phi) is 4.96. The van der Waals surface area contributed by atoms with Crippen LogP contribution in [0.1, 0.15) is 50.0 Å². The van der Waals surface area contributed by atoms with Crippen LogP contribution in [0.5, 0.6) is 0 Å². The summed E-state index contributed by atoms with van der Waals surface area (Å²) in [6, 6.07) is 4.81. The molecular formula is C16H25NO3S. The highest BCUT2D eigenvalue weighted by Gasteiger charge is 2.40. The van der Waals surface area contributed by atoms with Gasteiger partial charge in [0.2, 0.25) is 0 Å². The van der Waals surface area contributed by atoms with Crippen LogP contribution in [-0.2, 0) is 9.47 Å². The molecule has 0 unspecified atom stereocenters. The summed E-state index contributed by atoms with van der Waals surface area (Å²) < 4.78 is 11.5. The summed E-state index contributed by atoms with van der Waals surface area (Å²) in [6.07, 6.45) is 4.52. The molecule has 0 amide bonds. The van der Waals surface area contributed by atoms with E-state index in [1.165, 1.54) is 0 Å². The van der Waals surface area contributed by atoms with Crippen molar-refractivity contribution >= 4 is 11.3 Å². The number of ether oxygens (including phenoxy) is 2. The molecule has 3 rings (SSSR count). The van der Waals surface area contributed by atoms with Crippen molar-refractivity contribution in [3.63, 3.8) is 0 Å². The Morgan fingerprint density at radius 1 is 1.38 bits per heavy atom. The van der Waals surface area contributed by atoms with Gasteiger partial charge in [0.05, 0.1) is 19.3 Å². The monoisotopic (exact) mass is 311 g/mol. The van der Waals surface area contributed by atoms with Gasteiger partial charge in [0.25, 0.3) is 0 Å². The van der Waals surface area contributed by atoms with E-state index in [1.807, 2.05) is 17.5 Å². The van der Waals surface area contributed by atoms with Crippen LogP contribution in [0.4, 0.5) is 0 Å². The average molecular weight is 311 g/mol. The van der Waals surface area contributed by atoms with Crippen molar-refractivity contribution in [3.05, 3.63) is 22.4 Å². The van der Waals surface area contributed by atoms with Crippen LogP contribution >= 0.6 is 11.3 Å². The van der Waals surface area contributed by atoms with Gasteiger partial charge in [0, 0.05) is 29.8 Å². The van der Waals surface area contributed by atoms with E-state index in [9.17, 15) is 5.11 Å². The SMILES string of the molecule is C[C@H](C[C@H](O)c1cccs1)NC1CCC2(CC1)OCCO2. The Labute approximate surface area is 130 Å². The van der Waals surface area contributed by atoms with E-state index in [4.69, 9.17) is 9.47 Å². The van der Waals surface area contributed by atoms with Crippen LogP contribution in [0.15, 0.2) is 17.5 Å². The van der Waals surface area contributed by atoms with E-state index in [-0.39, 0.29) is 11.9 Å². The lowest BCUT2D eigenvalue weighted by Crippen LogP contribution is -2.45. The van der Waals surface area contributed by atoms with Gasteiger partial charge in [-0.3, -0.25) is 0 Å². The van der Waals surface area contributed by atoms with Gasteiger partial charge in [0.15, 0.2) is 5.79 Å². The van der Waals surface area contributed by atoms with Gasteiger partial charge in [-0.25, -0.2) is 0 Å². The maximum absolute atomic E-state index is 10.2. The summed E-state index contributed by atoms with van der Waals surface area (Å²) in [6.45, 7) is 3.63. The van der Waals surface area contributed by atoms with Gasteiger partial charge in [0.1, 0.15) is 0 Å². The Hall–Kier alpha value is -0.460. The molecule has 4 nitrogen and oxygen atoms in total. The summed E-state index contributed by atoms with van der Waals surface area (Å²) in [7, 11) is 0. The van der Waals surface area contributed by atoms with Crippen molar-refractivity contribution in [1.29, 1.82) is 0 Å².